The molecule has 0 radical (unpaired) electrons. The molecule has 1 atom stereocenters. The molecule has 2 rings (SSSR count). The van der Waals surface area contributed by atoms with Gasteiger partial charge in [0.2, 0.25) is 0 Å². The first-order chi connectivity index (χ1) is 6.91. The normalized spacial score (nSPS) is 30.3. The van der Waals surface area contributed by atoms with E-state index in [0.717, 1.165) is 10.7 Å². The second kappa shape index (κ2) is 3.54. The van der Waals surface area contributed by atoms with Crippen LogP contribution in [0.5, 0.6) is 0 Å². The van der Waals surface area contributed by atoms with Crippen LogP contribution < -0.4 is 5.73 Å². The zero-order valence-electron chi connectivity index (χ0n) is 8.56. The maximum atomic E-state index is 11.5. The number of hydrogen-bond donors (Lipinski definition) is 1. The molecule has 2 heterocycles. The molecular formula is C9H14N2O2S2. The molecule has 0 aromatic carbocycles. The number of aryl methyl sites for hydroxylation is 1. The Bertz CT molecular complexity index is 466. The Labute approximate surface area is 93.4 Å². The third-order valence-corrected chi connectivity index (χ3v) is 5.65. The van der Waals surface area contributed by atoms with Crippen molar-refractivity contribution in [2.24, 2.45) is 5.73 Å². The first-order valence-corrected chi connectivity index (χ1v) is 7.53. The van der Waals surface area contributed by atoms with Crippen LogP contribution >= 0.6 is 11.3 Å². The molecule has 15 heavy (non-hydrogen) atoms. The van der Waals surface area contributed by atoms with Crippen molar-refractivity contribution in [2.45, 2.75) is 25.3 Å². The summed E-state index contributed by atoms with van der Waals surface area (Å²) in [6.07, 6.45) is 1.34. The average Bonchev–Trinajstić information content (AvgIpc) is 2.49. The van der Waals surface area contributed by atoms with E-state index in [9.17, 15) is 8.42 Å². The molecule has 1 aliphatic heterocycles. The fourth-order valence-corrected chi connectivity index (χ4v) is 4.72. The highest BCUT2D eigenvalue weighted by atomic mass is 32.2. The van der Waals surface area contributed by atoms with Crippen LogP contribution in [0.25, 0.3) is 0 Å². The summed E-state index contributed by atoms with van der Waals surface area (Å²) in [4.78, 5) is 4.30. The molecule has 84 valence electrons. The first kappa shape index (κ1) is 11.0. The van der Waals surface area contributed by atoms with Gasteiger partial charge in [-0.1, -0.05) is 0 Å². The van der Waals surface area contributed by atoms with Crippen LogP contribution in [0.3, 0.4) is 0 Å². The molecule has 1 unspecified atom stereocenters. The first-order valence-electron chi connectivity index (χ1n) is 4.83. The largest absolute Gasteiger partial charge is 0.319 e. The third kappa shape index (κ3) is 2.21. The van der Waals surface area contributed by atoms with Crippen LogP contribution in [0.15, 0.2) is 5.38 Å². The number of sulfone groups is 1. The molecule has 0 amide bonds. The second-order valence-electron chi connectivity index (χ2n) is 4.15. The number of hydrogen-bond acceptors (Lipinski definition) is 5. The zero-order chi connectivity index (χ0) is 11.1. The molecule has 0 bridgehead atoms. The maximum absolute atomic E-state index is 11.5. The Balaban J connectivity index is 2.34. The van der Waals surface area contributed by atoms with Crippen LogP contribution in [-0.2, 0) is 15.4 Å². The van der Waals surface area contributed by atoms with Gasteiger partial charge in [0, 0.05) is 11.1 Å². The quantitative estimate of drug-likeness (QED) is 0.796. The van der Waals surface area contributed by atoms with E-state index in [-0.39, 0.29) is 11.5 Å². The Morgan fingerprint density at radius 2 is 2.33 bits per heavy atom. The van der Waals surface area contributed by atoms with Crippen LogP contribution in [0, 0.1) is 6.92 Å². The van der Waals surface area contributed by atoms with Crippen molar-refractivity contribution in [3.8, 4) is 0 Å². The predicted octanol–water partition coefficient (Wildman–Crippen LogP) is 0.814. The molecule has 1 aromatic heterocycles. The summed E-state index contributed by atoms with van der Waals surface area (Å²) in [7, 11) is -2.99. The van der Waals surface area contributed by atoms with E-state index >= 15 is 0 Å². The smallest absolute Gasteiger partial charge is 0.152 e. The van der Waals surface area contributed by atoms with Crippen molar-refractivity contribution in [2.75, 3.05) is 11.5 Å². The van der Waals surface area contributed by atoms with Crippen molar-refractivity contribution in [3.63, 3.8) is 0 Å². The molecular weight excluding hydrogens is 232 g/mol. The van der Waals surface area contributed by atoms with Crippen LogP contribution in [0.1, 0.15) is 23.5 Å². The van der Waals surface area contributed by atoms with Crippen molar-refractivity contribution < 1.29 is 8.42 Å². The number of rotatable bonds is 1. The summed E-state index contributed by atoms with van der Waals surface area (Å²) in [5, 5.41) is 2.66. The lowest BCUT2D eigenvalue weighted by atomic mass is 9.98. The zero-order valence-corrected chi connectivity index (χ0v) is 10.2. The van der Waals surface area contributed by atoms with Gasteiger partial charge < -0.3 is 5.73 Å². The van der Waals surface area contributed by atoms with E-state index in [1.807, 2.05) is 12.3 Å². The van der Waals surface area contributed by atoms with E-state index in [4.69, 9.17) is 5.73 Å². The molecule has 4 nitrogen and oxygen atoms in total. The van der Waals surface area contributed by atoms with Crippen molar-refractivity contribution in [1.82, 2.24) is 4.98 Å². The Hall–Kier alpha value is -0.460. The van der Waals surface area contributed by atoms with Crippen molar-refractivity contribution >= 4 is 21.2 Å². The molecule has 2 N–H and O–H groups in total. The number of thiazole rings is 1. The Kier molecular flexibility index (Phi) is 2.60. The van der Waals surface area contributed by atoms with Gasteiger partial charge in [-0.05, 0) is 19.8 Å². The molecule has 0 saturated carbocycles. The summed E-state index contributed by atoms with van der Waals surface area (Å²) in [5.74, 6) is 0.295. The molecule has 6 heteroatoms. The van der Waals surface area contributed by atoms with Gasteiger partial charge in [0.25, 0.3) is 0 Å². The third-order valence-electron chi connectivity index (χ3n) is 2.60. The Morgan fingerprint density at radius 1 is 1.60 bits per heavy atom. The van der Waals surface area contributed by atoms with E-state index < -0.39 is 15.4 Å². The summed E-state index contributed by atoms with van der Waals surface area (Å²) >= 11 is 1.46. The van der Waals surface area contributed by atoms with E-state index in [1.54, 1.807) is 0 Å². The molecule has 1 saturated heterocycles. The van der Waals surface area contributed by atoms with E-state index in [2.05, 4.69) is 4.98 Å². The van der Waals surface area contributed by atoms with Gasteiger partial charge in [0.1, 0.15) is 5.01 Å². The highest BCUT2D eigenvalue weighted by Crippen LogP contribution is 2.32. The van der Waals surface area contributed by atoms with E-state index in [0.29, 0.717) is 12.8 Å². The van der Waals surface area contributed by atoms with Crippen LogP contribution in [-0.4, -0.2) is 24.9 Å². The Morgan fingerprint density at radius 3 is 2.87 bits per heavy atom. The molecule has 0 aliphatic carbocycles. The summed E-state index contributed by atoms with van der Waals surface area (Å²) < 4.78 is 23.1. The SMILES string of the molecule is Cc1csc(C2(N)CCCS(=O)(=O)C2)n1. The monoisotopic (exact) mass is 246 g/mol. The summed E-state index contributed by atoms with van der Waals surface area (Å²) in [6.45, 7) is 1.89. The molecule has 1 fully saturated rings. The highest BCUT2D eigenvalue weighted by Gasteiger charge is 2.39. The van der Waals surface area contributed by atoms with Crippen molar-refractivity contribution in [3.05, 3.63) is 16.1 Å². The standard InChI is InChI=1S/C9H14N2O2S2/c1-7-5-14-8(11-7)9(10)3-2-4-15(12,13)6-9/h5H,2-4,6,10H2,1H3. The second-order valence-corrected chi connectivity index (χ2v) is 7.19. The van der Waals surface area contributed by atoms with Gasteiger partial charge in [-0.25, -0.2) is 13.4 Å². The van der Waals surface area contributed by atoms with E-state index in [1.165, 1.54) is 11.3 Å². The topological polar surface area (TPSA) is 73.1 Å². The van der Waals surface area contributed by atoms with Gasteiger partial charge >= 0.3 is 0 Å². The summed E-state index contributed by atoms with van der Waals surface area (Å²) in [6, 6.07) is 0. The minimum atomic E-state index is -2.99. The van der Waals surface area contributed by atoms with Gasteiger partial charge in [-0.3, -0.25) is 0 Å². The minimum Gasteiger partial charge on any atom is -0.319 e. The maximum Gasteiger partial charge on any atom is 0.152 e. The lowest BCUT2D eigenvalue weighted by Gasteiger charge is -2.30. The highest BCUT2D eigenvalue weighted by molar-refractivity contribution is 7.91. The predicted molar refractivity (Wildman–Crippen MR) is 60.6 cm³/mol. The van der Waals surface area contributed by atoms with Crippen LogP contribution in [0.2, 0.25) is 0 Å². The number of aromatic nitrogens is 1. The molecule has 1 aliphatic rings. The van der Waals surface area contributed by atoms with Gasteiger partial charge in [-0.2, -0.15) is 0 Å². The number of nitrogens with two attached hydrogens (primary N) is 1. The van der Waals surface area contributed by atoms with Gasteiger partial charge in [0.05, 0.1) is 17.0 Å². The molecule has 1 aromatic rings. The molecule has 0 spiro atoms. The average molecular weight is 246 g/mol. The van der Waals surface area contributed by atoms with Gasteiger partial charge in [-0.15, -0.1) is 11.3 Å². The lowest BCUT2D eigenvalue weighted by Crippen LogP contribution is -2.47. The summed E-state index contributed by atoms with van der Waals surface area (Å²) in [5.41, 5.74) is 6.29. The fourth-order valence-electron chi connectivity index (χ4n) is 1.90. The fraction of sp³-hybridized carbons (Fsp3) is 0.667. The minimum absolute atomic E-state index is 0.0347. The van der Waals surface area contributed by atoms with Gasteiger partial charge in [0.15, 0.2) is 9.84 Å². The lowest BCUT2D eigenvalue weighted by molar-refractivity contribution is 0.421. The van der Waals surface area contributed by atoms with Crippen molar-refractivity contribution in [1.29, 1.82) is 0 Å². The van der Waals surface area contributed by atoms with Crippen LogP contribution in [0.4, 0.5) is 0 Å². The number of nitrogens with zero attached hydrogens (tertiary/aromatic N) is 1.